The fourth-order valence-electron chi connectivity index (χ4n) is 2.78. The van der Waals surface area contributed by atoms with E-state index in [1.165, 1.54) is 0 Å². The molecule has 2 aliphatic rings. The first-order chi connectivity index (χ1) is 9.22. The third-order valence-electron chi connectivity index (χ3n) is 3.95. The van der Waals surface area contributed by atoms with Crippen LogP contribution in [0.1, 0.15) is 33.6 Å². The molecule has 0 saturated carbocycles. The Morgan fingerprint density at radius 3 is 2.15 bits per heavy atom. The second kappa shape index (κ2) is 5.84. The Kier molecular flexibility index (Phi) is 4.70. The quantitative estimate of drug-likeness (QED) is 0.522. The summed E-state index contributed by atoms with van der Waals surface area (Å²) >= 11 is 0. The fourth-order valence-corrected chi connectivity index (χ4v) is 2.78. The van der Waals surface area contributed by atoms with Crippen LogP contribution in [0.2, 0.25) is 0 Å². The molecule has 7 heteroatoms. The van der Waals surface area contributed by atoms with Gasteiger partial charge in [-0.3, -0.25) is 0 Å². The normalized spacial score (nSPS) is 53.9. The number of hydrogen-bond donors (Lipinski definition) is 4. The molecule has 2 rings (SSSR count). The number of aliphatic hydroxyl groups is 4. The predicted octanol–water partition coefficient (Wildman–Crippen LogP) is -0.894. The molecular formula is C13H24O7. The van der Waals surface area contributed by atoms with E-state index in [0.29, 0.717) is 0 Å². The van der Waals surface area contributed by atoms with Gasteiger partial charge >= 0.3 is 0 Å². The molecule has 0 aliphatic carbocycles. The zero-order valence-electron chi connectivity index (χ0n) is 12.0. The molecule has 7 nitrogen and oxygen atoms in total. The Balaban J connectivity index is 1.98. The van der Waals surface area contributed by atoms with Crippen LogP contribution in [0, 0.1) is 0 Å². The largest absolute Gasteiger partial charge is 0.390 e. The molecule has 2 aliphatic heterocycles. The fraction of sp³-hybridized carbons (Fsp3) is 1.00. The molecule has 0 aromatic carbocycles. The standard InChI is InChI=1S/C13H24O7/c1-6-11(16)8(14)4-10(18-6)20-13(3)5-9(15)12(17)7(2)19-13/h6-12,14-17H,4-5H2,1-3H3/t6-,7-,8-,9-,10?,11+,12+,13?/m0/s1. The molecule has 2 unspecified atom stereocenters. The maximum absolute atomic E-state index is 9.82. The number of aliphatic hydroxyl groups excluding tert-OH is 4. The van der Waals surface area contributed by atoms with Gasteiger partial charge in [0, 0.05) is 12.8 Å². The van der Waals surface area contributed by atoms with Crippen LogP contribution in [0.25, 0.3) is 0 Å². The summed E-state index contributed by atoms with van der Waals surface area (Å²) in [5.41, 5.74) is 0. The summed E-state index contributed by atoms with van der Waals surface area (Å²) in [4.78, 5) is 0. The summed E-state index contributed by atoms with van der Waals surface area (Å²) in [5.74, 6) is -1.11. The van der Waals surface area contributed by atoms with Gasteiger partial charge in [0.15, 0.2) is 12.1 Å². The van der Waals surface area contributed by atoms with Crippen molar-refractivity contribution in [2.45, 2.75) is 82.3 Å². The number of rotatable bonds is 2. The molecule has 8 atom stereocenters. The lowest BCUT2D eigenvalue weighted by molar-refractivity contribution is -0.370. The molecule has 4 N–H and O–H groups in total. The second-order valence-electron chi connectivity index (χ2n) is 5.90. The third kappa shape index (κ3) is 3.30. The summed E-state index contributed by atoms with van der Waals surface area (Å²) in [6.45, 7) is 4.95. The van der Waals surface area contributed by atoms with Crippen LogP contribution in [-0.4, -0.2) is 69.1 Å². The minimum atomic E-state index is -1.11. The molecule has 2 fully saturated rings. The minimum Gasteiger partial charge on any atom is -0.390 e. The molecule has 0 spiro atoms. The lowest BCUT2D eigenvalue weighted by Gasteiger charge is -2.45. The first-order valence-corrected chi connectivity index (χ1v) is 6.95. The maximum atomic E-state index is 9.82. The minimum absolute atomic E-state index is 0.103. The van der Waals surface area contributed by atoms with E-state index in [4.69, 9.17) is 14.2 Å². The lowest BCUT2D eigenvalue weighted by atomic mass is 9.97. The topological polar surface area (TPSA) is 109 Å². The van der Waals surface area contributed by atoms with Crippen molar-refractivity contribution in [2.24, 2.45) is 0 Å². The predicted molar refractivity (Wildman–Crippen MR) is 67.6 cm³/mol. The van der Waals surface area contributed by atoms with Crippen molar-refractivity contribution in [3.05, 3.63) is 0 Å². The summed E-state index contributed by atoms with van der Waals surface area (Å²) in [5, 5.41) is 38.8. The summed E-state index contributed by atoms with van der Waals surface area (Å²) in [7, 11) is 0. The van der Waals surface area contributed by atoms with Gasteiger partial charge < -0.3 is 34.6 Å². The molecule has 0 bridgehead atoms. The van der Waals surface area contributed by atoms with Crippen molar-refractivity contribution in [3.63, 3.8) is 0 Å². The van der Waals surface area contributed by atoms with Crippen LogP contribution in [-0.2, 0) is 14.2 Å². The van der Waals surface area contributed by atoms with Gasteiger partial charge in [-0.15, -0.1) is 0 Å². The Labute approximate surface area is 118 Å². The smallest absolute Gasteiger partial charge is 0.171 e. The molecule has 118 valence electrons. The lowest BCUT2D eigenvalue weighted by Crippen LogP contribution is -2.56. The van der Waals surface area contributed by atoms with Crippen molar-refractivity contribution < 1.29 is 34.6 Å². The van der Waals surface area contributed by atoms with Crippen molar-refractivity contribution in [1.82, 2.24) is 0 Å². The highest BCUT2D eigenvalue weighted by Crippen LogP contribution is 2.33. The zero-order chi connectivity index (χ0) is 15.1. The Morgan fingerprint density at radius 2 is 1.60 bits per heavy atom. The van der Waals surface area contributed by atoms with Gasteiger partial charge in [0.2, 0.25) is 0 Å². The van der Waals surface area contributed by atoms with E-state index >= 15 is 0 Å². The Bertz CT molecular complexity index is 313. The Morgan fingerprint density at radius 1 is 1.00 bits per heavy atom. The van der Waals surface area contributed by atoms with Gasteiger partial charge in [-0.2, -0.15) is 0 Å². The SMILES string of the molecule is C[C@@H]1OC(OC2(C)C[C@H](O)[C@H](O)[C@H](C)O2)C[C@H](O)[C@@H]1O. The molecule has 0 aromatic heterocycles. The highest BCUT2D eigenvalue weighted by molar-refractivity contribution is 4.87. The average Bonchev–Trinajstić information content (AvgIpc) is 2.32. The maximum Gasteiger partial charge on any atom is 0.171 e. The van der Waals surface area contributed by atoms with Crippen LogP contribution >= 0.6 is 0 Å². The summed E-state index contributed by atoms with van der Waals surface area (Å²) in [6.07, 6.45) is -5.40. The first-order valence-electron chi connectivity index (χ1n) is 6.95. The summed E-state index contributed by atoms with van der Waals surface area (Å²) in [6, 6.07) is 0. The van der Waals surface area contributed by atoms with Gasteiger partial charge in [0.1, 0.15) is 12.2 Å². The van der Waals surface area contributed by atoms with E-state index in [1.807, 2.05) is 0 Å². The van der Waals surface area contributed by atoms with Crippen LogP contribution in [0.4, 0.5) is 0 Å². The monoisotopic (exact) mass is 292 g/mol. The molecule has 2 saturated heterocycles. The molecule has 0 radical (unpaired) electrons. The van der Waals surface area contributed by atoms with Crippen molar-refractivity contribution in [1.29, 1.82) is 0 Å². The van der Waals surface area contributed by atoms with E-state index in [1.54, 1.807) is 20.8 Å². The number of hydrogen-bond acceptors (Lipinski definition) is 7. The molecule has 0 aromatic rings. The third-order valence-corrected chi connectivity index (χ3v) is 3.95. The van der Waals surface area contributed by atoms with E-state index in [2.05, 4.69) is 0 Å². The van der Waals surface area contributed by atoms with E-state index in [9.17, 15) is 20.4 Å². The van der Waals surface area contributed by atoms with E-state index in [-0.39, 0.29) is 12.8 Å². The van der Waals surface area contributed by atoms with Gasteiger partial charge in [-0.1, -0.05) is 0 Å². The molecule has 2 heterocycles. The van der Waals surface area contributed by atoms with Crippen LogP contribution < -0.4 is 0 Å². The van der Waals surface area contributed by atoms with Gasteiger partial charge in [-0.05, 0) is 20.8 Å². The molecule has 20 heavy (non-hydrogen) atoms. The summed E-state index contributed by atoms with van der Waals surface area (Å²) < 4.78 is 16.8. The van der Waals surface area contributed by atoms with Crippen molar-refractivity contribution >= 4 is 0 Å². The highest BCUT2D eigenvalue weighted by atomic mass is 16.8. The first kappa shape index (κ1) is 16.1. The average molecular weight is 292 g/mol. The molecule has 0 amide bonds. The van der Waals surface area contributed by atoms with E-state index in [0.717, 1.165) is 0 Å². The zero-order valence-corrected chi connectivity index (χ0v) is 12.0. The second-order valence-corrected chi connectivity index (χ2v) is 5.90. The van der Waals surface area contributed by atoms with Crippen molar-refractivity contribution in [3.8, 4) is 0 Å². The van der Waals surface area contributed by atoms with Crippen molar-refractivity contribution in [2.75, 3.05) is 0 Å². The van der Waals surface area contributed by atoms with E-state index < -0.39 is 48.7 Å². The van der Waals surface area contributed by atoms with Crippen LogP contribution in [0.3, 0.4) is 0 Å². The van der Waals surface area contributed by atoms with Crippen LogP contribution in [0.15, 0.2) is 0 Å². The highest BCUT2D eigenvalue weighted by Gasteiger charge is 2.45. The van der Waals surface area contributed by atoms with Crippen LogP contribution in [0.5, 0.6) is 0 Å². The van der Waals surface area contributed by atoms with Gasteiger partial charge in [0.25, 0.3) is 0 Å². The molecular weight excluding hydrogens is 268 g/mol. The Hall–Kier alpha value is -0.280. The van der Waals surface area contributed by atoms with Gasteiger partial charge in [-0.25, -0.2) is 0 Å². The van der Waals surface area contributed by atoms with Gasteiger partial charge in [0.05, 0.1) is 24.4 Å². The number of ether oxygens (including phenoxy) is 3.